The molecule has 0 bridgehead atoms. The Hall–Kier alpha value is -3.74. The summed E-state index contributed by atoms with van der Waals surface area (Å²) >= 11 is 0. The first kappa shape index (κ1) is 17.7. The monoisotopic (exact) mass is 356 g/mol. The zero-order valence-electron chi connectivity index (χ0n) is 15.6. The second-order valence-corrected chi connectivity index (χ2v) is 6.69. The molecule has 0 N–H and O–H groups in total. The van der Waals surface area contributed by atoms with E-state index >= 15 is 0 Å². The molecule has 0 heterocycles. The van der Waals surface area contributed by atoms with Crippen LogP contribution >= 0.6 is 0 Å². The fourth-order valence-corrected chi connectivity index (χ4v) is 3.05. The minimum atomic E-state index is 0.278. The molecule has 0 heteroatoms. The zero-order chi connectivity index (χ0) is 19.0. The second-order valence-electron chi connectivity index (χ2n) is 6.69. The topological polar surface area (TPSA) is 0 Å². The van der Waals surface area contributed by atoms with E-state index in [0.717, 1.165) is 23.1 Å². The van der Waals surface area contributed by atoms with Crippen molar-refractivity contribution in [3.63, 3.8) is 0 Å². The van der Waals surface area contributed by atoms with E-state index in [2.05, 4.69) is 66.2 Å². The van der Waals surface area contributed by atoms with Gasteiger partial charge < -0.3 is 0 Å². The summed E-state index contributed by atoms with van der Waals surface area (Å²) in [5.74, 6) is 13.3. The lowest BCUT2D eigenvalue weighted by molar-refractivity contribution is 0.855. The molecular formula is C28H20. The van der Waals surface area contributed by atoms with Crippen molar-refractivity contribution in [1.29, 1.82) is 0 Å². The largest absolute Gasteiger partial charge is 0.0900 e. The highest BCUT2D eigenvalue weighted by Crippen LogP contribution is 2.24. The molecule has 1 aliphatic rings. The highest BCUT2D eigenvalue weighted by Gasteiger charge is 2.07. The third kappa shape index (κ3) is 4.70. The summed E-state index contributed by atoms with van der Waals surface area (Å²) in [5.41, 5.74) is 5.60. The van der Waals surface area contributed by atoms with E-state index in [0.29, 0.717) is 0 Å². The molecule has 0 saturated heterocycles. The van der Waals surface area contributed by atoms with Crippen molar-refractivity contribution in [2.75, 3.05) is 0 Å². The van der Waals surface area contributed by atoms with Crippen molar-refractivity contribution < 1.29 is 0 Å². The van der Waals surface area contributed by atoms with Crippen molar-refractivity contribution in [3.05, 3.63) is 125 Å². The van der Waals surface area contributed by atoms with Crippen LogP contribution in [0.25, 0.3) is 5.57 Å². The predicted molar refractivity (Wildman–Crippen MR) is 117 cm³/mol. The Morgan fingerprint density at radius 1 is 0.607 bits per heavy atom. The molecule has 0 fully saturated rings. The molecule has 1 unspecified atom stereocenters. The third-order valence-corrected chi connectivity index (χ3v) is 4.62. The van der Waals surface area contributed by atoms with Gasteiger partial charge in [0.2, 0.25) is 0 Å². The van der Waals surface area contributed by atoms with Gasteiger partial charge in [0.1, 0.15) is 0 Å². The maximum atomic E-state index is 3.35. The fourth-order valence-electron chi connectivity index (χ4n) is 3.05. The summed E-state index contributed by atoms with van der Waals surface area (Å²) in [6.45, 7) is 0. The smallest absolute Gasteiger partial charge is 0.0424 e. The van der Waals surface area contributed by atoms with E-state index < -0.39 is 0 Å². The molecule has 3 aromatic rings. The Kier molecular flexibility index (Phi) is 5.53. The molecule has 3 aromatic carbocycles. The normalized spacial score (nSPS) is 14.9. The summed E-state index contributed by atoms with van der Waals surface area (Å²) in [5, 5.41) is 0. The van der Waals surface area contributed by atoms with Crippen LogP contribution in [0.2, 0.25) is 0 Å². The molecule has 0 aliphatic heterocycles. The third-order valence-electron chi connectivity index (χ3n) is 4.62. The van der Waals surface area contributed by atoms with Crippen LogP contribution in [0.1, 0.15) is 28.7 Å². The van der Waals surface area contributed by atoms with Gasteiger partial charge in [-0.25, -0.2) is 0 Å². The van der Waals surface area contributed by atoms with Crippen molar-refractivity contribution in [1.82, 2.24) is 0 Å². The van der Waals surface area contributed by atoms with E-state index in [1.54, 1.807) is 0 Å². The first-order valence-corrected chi connectivity index (χ1v) is 9.49. The van der Waals surface area contributed by atoms with Gasteiger partial charge >= 0.3 is 0 Å². The van der Waals surface area contributed by atoms with E-state index in [1.165, 1.54) is 11.1 Å². The number of benzene rings is 3. The first-order chi connectivity index (χ1) is 13.9. The van der Waals surface area contributed by atoms with Gasteiger partial charge in [0.15, 0.2) is 0 Å². The Labute approximate surface area is 167 Å². The number of hydrogen-bond acceptors (Lipinski definition) is 0. The average Bonchev–Trinajstić information content (AvgIpc) is 2.78. The molecule has 0 spiro atoms. The summed E-state index contributed by atoms with van der Waals surface area (Å²) in [6, 6.07) is 28.7. The summed E-state index contributed by atoms with van der Waals surface area (Å²) in [4.78, 5) is 0. The van der Waals surface area contributed by atoms with Gasteiger partial charge in [0, 0.05) is 22.6 Å². The zero-order valence-corrected chi connectivity index (χ0v) is 15.6. The Balaban J connectivity index is 1.41. The Bertz CT molecular complexity index is 1110. The van der Waals surface area contributed by atoms with Gasteiger partial charge in [-0.1, -0.05) is 90.4 Å². The maximum Gasteiger partial charge on any atom is 0.0424 e. The van der Waals surface area contributed by atoms with E-state index in [9.17, 15) is 0 Å². The lowest BCUT2D eigenvalue weighted by Gasteiger charge is -2.11. The SMILES string of the molecule is C(#Cc1ccc(C2=CCC(C#Cc3ccccc3)C=C2)cc1)c1ccccc1. The van der Waals surface area contributed by atoms with Crippen LogP contribution in [-0.2, 0) is 0 Å². The molecule has 0 saturated carbocycles. The summed E-state index contributed by atoms with van der Waals surface area (Å²) < 4.78 is 0. The van der Waals surface area contributed by atoms with Gasteiger partial charge in [0.25, 0.3) is 0 Å². The number of rotatable bonds is 1. The maximum absolute atomic E-state index is 3.35. The van der Waals surface area contributed by atoms with Crippen LogP contribution in [0.3, 0.4) is 0 Å². The molecular weight excluding hydrogens is 336 g/mol. The molecule has 0 amide bonds. The van der Waals surface area contributed by atoms with Crippen molar-refractivity contribution >= 4 is 5.57 Å². The lowest BCUT2D eigenvalue weighted by Crippen LogP contribution is -1.97. The molecule has 0 radical (unpaired) electrons. The van der Waals surface area contributed by atoms with Gasteiger partial charge in [0.05, 0.1) is 0 Å². The molecule has 4 rings (SSSR count). The molecule has 0 aromatic heterocycles. The summed E-state index contributed by atoms with van der Waals surface area (Å²) in [6.07, 6.45) is 7.60. The predicted octanol–water partition coefficient (Wildman–Crippen LogP) is 6.10. The number of hydrogen-bond donors (Lipinski definition) is 0. The minimum Gasteiger partial charge on any atom is -0.0900 e. The average molecular weight is 356 g/mol. The lowest BCUT2D eigenvalue weighted by atomic mass is 9.93. The summed E-state index contributed by atoms with van der Waals surface area (Å²) in [7, 11) is 0. The van der Waals surface area contributed by atoms with Gasteiger partial charge in [-0.05, 0) is 54.0 Å². The van der Waals surface area contributed by atoms with Crippen molar-refractivity contribution in [2.24, 2.45) is 5.92 Å². The number of allylic oxidation sites excluding steroid dienone is 4. The highest BCUT2D eigenvalue weighted by molar-refractivity contribution is 5.75. The standard InChI is InChI=1S/C28H20/c1-3-7-23(8-4-1)11-13-25-15-19-27(20-16-25)28-21-17-26(18-22-28)14-12-24-9-5-2-6-10-24/h1-10,15-17,19-22,26H,18H2. The minimum absolute atomic E-state index is 0.278. The van der Waals surface area contributed by atoms with E-state index in [1.807, 2.05) is 60.7 Å². The second kappa shape index (κ2) is 8.77. The molecule has 1 aliphatic carbocycles. The Morgan fingerprint density at radius 2 is 1.18 bits per heavy atom. The Morgan fingerprint density at radius 3 is 1.75 bits per heavy atom. The van der Waals surface area contributed by atoms with Crippen molar-refractivity contribution in [3.8, 4) is 23.7 Å². The highest BCUT2D eigenvalue weighted by atomic mass is 14.1. The fraction of sp³-hybridized carbons (Fsp3) is 0.0714. The van der Waals surface area contributed by atoms with Crippen LogP contribution < -0.4 is 0 Å². The first-order valence-electron chi connectivity index (χ1n) is 9.49. The van der Waals surface area contributed by atoms with E-state index in [-0.39, 0.29) is 5.92 Å². The van der Waals surface area contributed by atoms with Gasteiger partial charge in [-0.15, -0.1) is 0 Å². The van der Waals surface area contributed by atoms with E-state index in [4.69, 9.17) is 0 Å². The molecule has 1 atom stereocenters. The quantitative estimate of drug-likeness (QED) is 0.462. The van der Waals surface area contributed by atoms with Crippen LogP contribution in [0.4, 0.5) is 0 Å². The molecule has 28 heavy (non-hydrogen) atoms. The van der Waals surface area contributed by atoms with Gasteiger partial charge in [-0.3, -0.25) is 0 Å². The van der Waals surface area contributed by atoms with Crippen LogP contribution in [0.5, 0.6) is 0 Å². The molecule has 132 valence electrons. The van der Waals surface area contributed by atoms with Crippen LogP contribution in [0, 0.1) is 29.6 Å². The molecule has 0 nitrogen and oxygen atoms in total. The van der Waals surface area contributed by atoms with Crippen molar-refractivity contribution in [2.45, 2.75) is 6.42 Å². The van der Waals surface area contributed by atoms with Crippen LogP contribution in [0.15, 0.2) is 103 Å². The van der Waals surface area contributed by atoms with Gasteiger partial charge in [-0.2, -0.15) is 0 Å². The van der Waals surface area contributed by atoms with Crippen LogP contribution in [-0.4, -0.2) is 0 Å².